The van der Waals surface area contributed by atoms with E-state index in [1.807, 2.05) is 0 Å². The Labute approximate surface area is 195 Å². The number of hydrogen-bond acceptors (Lipinski definition) is 4. The van der Waals surface area contributed by atoms with Crippen LogP contribution in [0.25, 0.3) is 0 Å². The molecule has 2 atom stereocenters. The minimum absolute atomic E-state index is 0.0134. The van der Waals surface area contributed by atoms with Crippen LogP contribution >= 0.6 is 0 Å². The van der Waals surface area contributed by atoms with Gasteiger partial charge < -0.3 is 19.1 Å². The van der Waals surface area contributed by atoms with E-state index in [1.165, 1.54) is 23.1 Å². The Morgan fingerprint density at radius 3 is 2.57 bits per heavy atom. The van der Waals surface area contributed by atoms with Crippen molar-refractivity contribution in [3.63, 3.8) is 0 Å². The first kappa shape index (κ1) is 25.2. The first-order valence-electron chi connectivity index (χ1n) is 10.6. The Balaban J connectivity index is 1.53. The van der Waals surface area contributed by atoms with Crippen LogP contribution in [0.15, 0.2) is 42.5 Å². The van der Waals surface area contributed by atoms with E-state index in [1.54, 1.807) is 6.07 Å². The van der Waals surface area contributed by atoms with Gasteiger partial charge >= 0.3 is 12.4 Å². The molecule has 5 nitrogen and oxygen atoms in total. The second kappa shape index (κ2) is 9.30. The summed E-state index contributed by atoms with van der Waals surface area (Å²) in [5, 5.41) is 0. The predicted molar refractivity (Wildman–Crippen MR) is 107 cm³/mol. The molecule has 0 spiro atoms. The molecule has 4 rings (SSSR count). The van der Waals surface area contributed by atoms with E-state index in [4.69, 9.17) is 14.2 Å². The van der Waals surface area contributed by atoms with E-state index in [9.17, 15) is 35.5 Å². The minimum atomic E-state index is -4.96. The molecule has 0 bridgehead atoms. The Kier molecular flexibility index (Phi) is 6.71. The van der Waals surface area contributed by atoms with Crippen LogP contribution in [0.4, 0.5) is 30.7 Å². The van der Waals surface area contributed by atoms with E-state index in [-0.39, 0.29) is 31.9 Å². The number of nitrogens with zero attached hydrogens (tertiary/aromatic N) is 1. The lowest BCUT2D eigenvalue weighted by Gasteiger charge is -2.42. The lowest BCUT2D eigenvalue weighted by atomic mass is 9.82. The van der Waals surface area contributed by atoms with E-state index < -0.39 is 60.1 Å². The number of likely N-dealkylation sites (tertiary alicyclic amines) is 1. The summed E-state index contributed by atoms with van der Waals surface area (Å²) in [6, 6.07) is 8.25. The minimum Gasteiger partial charge on any atom is -0.493 e. The third kappa shape index (κ3) is 5.37. The van der Waals surface area contributed by atoms with Crippen molar-refractivity contribution in [2.75, 3.05) is 26.5 Å². The molecular formula is C23H20F7NO4. The first-order chi connectivity index (χ1) is 16.4. The number of hydrogen-bond donors (Lipinski definition) is 0. The number of carbonyl (C=O) groups excluding carboxylic acids is 1. The quantitative estimate of drug-likeness (QED) is 0.517. The number of halogens is 7. The normalized spacial score (nSPS) is 22.7. The van der Waals surface area contributed by atoms with Gasteiger partial charge in [0, 0.05) is 18.5 Å². The van der Waals surface area contributed by atoms with Crippen LogP contribution in [-0.2, 0) is 21.3 Å². The molecule has 0 aromatic heterocycles. The predicted octanol–water partition coefficient (Wildman–Crippen LogP) is 5.29. The molecule has 2 heterocycles. The highest BCUT2D eigenvalue weighted by atomic mass is 19.4. The van der Waals surface area contributed by atoms with Gasteiger partial charge in [0.05, 0.1) is 25.1 Å². The molecule has 2 aliphatic rings. The molecule has 0 radical (unpaired) electrons. The standard InChI is InChI=1S/C23H20F7NO4/c24-16-3-1-2-15(11-16)21-6-8-31(12-19(21)34-13-35-21)20(32)14-4-5-18(17(10-14)23(28,29)30)33-9-7-22(25,26)27/h1-5,10-11,19H,6-9,12-13H2. The number of piperidine rings is 1. The van der Waals surface area contributed by atoms with Gasteiger partial charge in [-0.15, -0.1) is 0 Å². The molecule has 2 aromatic rings. The van der Waals surface area contributed by atoms with Crippen molar-refractivity contribution < 1.29 is 49.7 Å². The highest BCUT2D eigenvalue weighted by Gasteiger charge is 2.51. The second-order valence-electron chi connectivity index (χ2n) is 8.24. The fourth-order valence-corrected chi connectivity index (χ4v) is 4.29. The number of carbonyl (C=O) groups is 1. The molecule has 0 saturated carbocycles. The van der Waals surface area contributed by atoms with Crippen molar-refractivity contribution in [2.24, 2.45) is 0 Å². The zero-order chi connectivity index (χ0) is 25.4. The summed E-state index contributed by atoms with van der Waals surface area (Å²) in [5.41, 5.74) is -2.12. The number of alkyl halides is 6. The van der Waals surface area contributed by atoms with Crippen LogP contribution in [0.1, 0.15) is 34.3 Å². The van der Waals surface area contributed by atoms with Crippen molar-refractivity contribution in [1.29, 1.82) is 0 Å². The van der Waals surface area contributed by atoms with Crippen molar-refractivity contribution in [1.82, 2.24) is 4.90 Å². The molecule has 35 heavy (non-hydrogen) atoms. The summed E-state index contributed by atoms with van der Waals surface area (Å²) in [4.78, 5) is 14.3. The Bertz CT molecular complexity index is 1090. The van der Waals surface area contributed by atoms with E-state index >= 15 is 0 Å². The average Bonchev–Trinajstić information content (AvgIpc) is 3.22. The lowest BCUT2D eigenvalue weighted by molar-refractivity contribution is -0.143. The molecule has 0 aliphatic carbocycles. The number of benzene rings is 2. The molecule has 190 valence electrons. The smallest absolute Gasteiger partial charge is 0.419 e. The second-order valence-corrected chi connectivity index (χ2v) is 8.24. The number of ether oxygens (including phenoxy) is 3. The maximum Gasteiger partial charge on any atom is 0.419 e. The average molecular weight is 507 g/mol. The van der Waals surface area contributed by atoms with Crippen LogP contribution in [0.5, 0.6) is 5.75 Å². The summed E-state index contributed by atoms with van der Waals surface area (Å²) in [6.07, 6.45) is -11.4. The monoisotopic (exact) mass is 507 g/mol. The zero-order valence-electron chi connectivity index (χ0n) is 18.1. The molecule has 1 amide bonds. The fraction of sp³-hybridized carbons (Fsp3) is 0.435. The maximum atomic E-state index is 13.8. The van der Waals surface area contributed by atoms with Gasteiger partial charge in [0.2, 0.25) is 0 Å². The van der Waals surface area contributed by atoms with Gasteiger partial charge in [-0.1, -0.05) is 12.1 Å². The largest absolute Gasteiger partial charge is 0.493 e. The van der Waals surface area contributed by atoms with Gasteiger partial charge in [-0.25, -0.2) is 4.39 Å². The van der Waals surface area contributed by atoms with Gasteiger partial charge in [0.1, 0.15) is 30.1 Å². The SMILES string of the molecule is O=C(c1ccc(OCCC(F)(F)F)c(C(F)(F)F)c1)N1CCC2(c3cccc(F)c3)OCOC2C1. The fourth-order valence-electron chi connectivity index (χ4n) is 4.29. The Morgan fingerprint density at radius 2 is 1.89 bits per heavy atom. The highest BCUT2D eigenvalue weighted by molar-refractivity contribution is 5.94. The van der Waals surface area contributed by atoms with E-state index in [2.05, 4.69) is 0 Å². The zero-order valence-corrected chi connectivity index (χ0v) is 18.1. The van der Waals surface area contributed by atoms with Crippen molar-refractivity contribution >= 4 is 5.91 Å². The maximum absolute atomic E-state index is 13.8. The molecule has 2 aromatic carbocycles. The summed E-state index contributed by atoms with van der Waals surface area (Å²) in [7, 11) is 0. The molecule has 12 heteroatoms. The van der Waals surface area contributed by atoms with Crippen molar-refractivity contribution in [3.05, 3.63) is 65.0 Å². The Morgan fingerprint density at radius 1 is 1.11 bits per heavy atom. The van der Waals surface area contributed by atoms with E-state index in [0.717, 1.165) is 12.1 Å². The van der Waals surface area contributed by atoms with Crippen LogP contribution in [0.3, 0.4) is 0 Å². The van der Waals surface area contributed by atoms with Crippen LogP contribution < -0.4 is 4.74 Å². The molecule has 0 N–H and O–H groups in total. The van der Waals surface area contributed by atoms with Gasteiger partial charge in [-0.3, -0.25) is 4.79 Å². The van der Waals surface area contributed by atoms with E-state index in [0.29, 0.717) is 11.6 Å². The molecule has 2 unspecified atom stereocenters. The molecule has 2 fully saturated rings. The lowest BCUT2D eigenvalue weighted by Crippen LogP contribution is -2.53. The highest BCUT2D eigenvalue weighted by Crippen LogP contribution is 2.43. The van der Waals surface area contributed by atoms with Gasteiger partial charge in [-0.2, -0.15) is 26.3 Å². The summed E-state index contributed by atoms with van der Waals surface area (Å²) < 4.78 is 108. The topological polar surface area (TPSA) is 48.0 Å². The van der Waals surface area contributed by atoms with Crippen molar-refractivity contribution in [3.8, 4) is 5.75 Å². The number of fused-ring (bicyclic) bond motifs is 1. The van der Waals surface area contributed by atoms with Crippen LogP contribution in [0.2, 0.25) is 0 Å². The molecular weight excluding hydrogens is 487 g/mol. The first-order valence-corrected chi connectivity index (χ1v) is 10.6. The van der Waals surface area contributed by atoms with Gasteiger partial charge in [-0.05, 0) is 35.9 Å². The van der Waals surface area contributed by atoms with Crippen LogP contribution in [-0.4, -0.2) is 49.6 Å². The van der Waals surface area contributed by atoms with Gasteiger partial charge in [0.25, 0.3) is 5.91 Å². The van der Waals surface area contributed by atoms with Crippen LogP contribution in [0, 0.1) is 5.82 Å². The Hall–Kier alpha value is -2.86. The van der Waals surface area contributed by atoms with Crippen molar-refractivity contribution in [2.45, 2.75) is 36.9 Å². The summed E-state index contributed by atoms with van der Waals surface area (Å²) in [6.45, 7) is -1.00. The number of rotatable bonds is 5. The van der Waals surface area contributed by atoms with Gasteiger partial charge in [0.15, 0.2) is 0 Å². The number of amides is 1. The molecule has 2 saturated heterocycles. The third-order valence-electron chi connectivity index (χ3n) is 6.02. The summed E-state index contributed by atoms with van der Waals surface area (Å²) >= 11 is 0. The third-order valence-corrected chi connectivity index (χ3v) is 6.02. The summed E-state index contributed by atoms with van der Waals surface area (Å²) in [5.74, 6) is -1.99. The molecule has 2 aliphatic heterocycles.